The van der Waals surface area contributed by atoms with Gasteiger partial charge in [0.25, 0.3) is 0 Å². The van der Waals surface area contributed by atoms with Crippen LogP contribution >= 0.6 is 11.3 Å². The van der Waals surface area contributed by atoms with E-state index in [1.807, 2.05) is 42.0 Å². The third-order valence-corrected chi connectivity index (χ3v) is 4.61. The molecule has 1 fully saturated rings. The lowest BCUT2D eigenvalue weighted by Gasteiger charge is -2.35. The largest absolute Gasteiger partial charge is 0.378 e. The Hall–Kier alpha value is -1.56. The lowest BCUT2D eigenvalue weighted by atomic mass is 10.1. The molecule has 2 aromatic heterocycles. The molecule has 0 unspecified atom stereocenters. The molecule has 1 atom stereocenters. The summed E-state index contributed by atoms with van der Waals surface area (Å²) < 4.78 is 5.57. The highest BCUT2D eigenvalue weighted by molar-refractivity contribution is 7.12. The molecule has 0 bridgehead atoms. The Balaban J connectivity index is 1.65. The summed E-state index contributed by atoms with van der Waals surface area (Å²) in [7, 11) is 0. The maximum Gasteiger partial charge on any atom is 0.174 e. The summed E-state index contributed by atoms with van der Waals surface area (Å²) in [5, 5.41) is 1.94. The van der Waals surface area contributed by atoms with Crippen molar-refractivity contribution in [2.75, 3.05) is 19.8 Å². The van der Waals surface area contributed by atoms with Crippen LogP contribution in [0.3, 0.4) is 0 Å². The van der Waals surface area contributed by atoms with E-state index in [9.17, 15) is 4.79 Å². The SMILES string of the molecule is O=C(C[C@H]1COCCN1Cc1ccncc1)c1cccs1. The summed E-state index contributed by atoms with van der Waals surface area (Å²) in [6.45, 7) is 3.07. The minimum Gasteiger partial charge on any atom is -0.378 e. The fraction of sp³-hybridized carbons (Fsp3) is 0.375. The molecule has 5 heteroatoms. The summed E-state index contributed by atoms with van der Waals surface area (Å²) in [5.74, 6) is 0.209. The van der Waals surface area contributed by atoms with Crippen LogP contribution in [-0.2, 0) is 11.3 Å². The number of aromatic nitrogens is 1. The van der Waals surface area contributed by atoms with Crippen molar-refractivity contribution in [3.63, 3.8) is 0 Å². The molecule has 1 aliphatic rings. The molecule has 0 radical (unpaired) electrons. The standard InChI is InChI=1S/C16H18N2O2S/c19-15(16-2-1-9-21-16)10-14-12-20-8-7-18(14)11-13-3-5-17-6-4-13/h1-6,9,14H,7-8,10-12H2/t14-/m0/s1. The van der Waals surface area contributed by atoms with Crippen LogP contribution in [0.25, 0.3) is 0 Å². The van der Waals surface area contributed by atoms with Gasteiger partial charge in [0, 0.05) is 37.9 Å². The van der Waals surface area contributed by atoms with Crippen LogP contribution in [0.2, 0.25) is 0 Å². The van der Waals surface area contributed by atoms with E-state index >= 15 is 0 Å². The Kier molecular flexibility index (Phi) is 4.75. The molecular formula is C16H18N2O2S. The highest BCUT2D eigenvalue weighted by atomic mass is 32.1. The van der Waals surface area contributed by atoms with Gasteiger partial charge in [0.05, 0.1) is 18.1 Å². The summed E-state index contributed by atoms with van der Waals surface area (Å²) in [4.78, 5) is 19.5. The van der Waals surface area contributed by atoms with E-state index < -0.39 is 0 Å². The first-order valence-corrected chi connectivity index (χ1v) is 7.98. The van der Waals surface area contributed by atoms with Gasteiger partial charge in [0.15, 0.2) is 5.78 Å². The van der Waals surface area contributed by atoms with Crippen molar-refractivity contribution in [2.45, 2.75) is 19.0 Å². The number of hydrogen-bond donors (Lipinski definition) is 0. The van der Waals surface area contributed by atoms with Crippen LogP contribution in [0.5, 0.6) is 0 Å². The number of rotatable bonds is 5. The Labute approximate surface area is 128 Å². The van der Waals surface area contributed by atoms with Crippen molar-refractivity contribution in [3.8, 4) is 0 Å². The van der Waals surface area contributed by atoms with Gasteiger partial charge in [-0.3, -0.25) is 14.7 Å². The lowest BCUT2D eigenvalue weighted by molar-refractivity contribution is -0.0125. The number of pyridine rings is 1. The molecule has 0 N–H and O–H groups in total. The Bertz CT molecular complexity index is 571. The quantitative estimate of drug-likeness (QED) is 0.796. The number of nitrogens with zero attached hydrogens (tertiary/aromatic N) is 2. The zero-order valence-corrected chi connectivity index (χ0v) is 12.6. The monoisotopic (exact) mass is 302 g/mol. The Morgan fingerprint density at radius 1 is 1.38 bits per heavy atom. The van der Waals surface area contributed by atoms with Crippen LogP contribution in [-0.4, -0.2) is 41.5 Å². The average Bonchev–Trinajstić information content (AvgIpc) is 3.05. The second-order valence-electron chi connectivity index (χ2n) is 5.16. The molecule has 2 aromatic rings. The van der Waals surface area contributed by atoms with Crippen molar-refractivity contribution in [2.24, 2.45) is 0 Å². The summed E-state index contributed by atoms with van der Waals surface area (Å²) in [5.41, 5.74) is 1.22. The zero-order chi connectivity index (χ0) is 14.5. The van der Waals surface area contributed by atoms with E-state index in [2.05, 4.69) is 9.88 Å². The molecule has 3 rings (SSSR count). The average molecular weight is 302 g/mol. The van der Waals surface area contributed by atoms with Crippen molar-refractivity contribution < 1.29 is 9.53 Å². The number of hydrogen-bond acceptors (Lipinski definition) is 5. The van der Waals surface area contributed by atoms with Crippen LogP contribution < -0.4 is 0 Å². The number of carbonyl (C=O) groups is 1. The van der Waals surface area contributed by atoms with Crippen LogP contribution in [0, 0.1) is 0 Å². The van der Waals surface area contributed by atoms with Gasteiger partial charge in [-0.15, -0.1) is 11.3 Å². The molecule has 21 heavy (non-hydrogen) atoms. The maximum absolute atomic E-state index is 12.3. The normalized spacial score (nSPS) is 19.5. The van der Waals surface area contributed by atoms with Gasteiger partial charge >= 0.3 is 0 Å². The van der Waals surface area contributed by atoms with Gasteiger partial charge in [0.2, 0.25) is 0 Å². The van der Waals surface area contributed by atoms with Crippen molar-refractivity contribution in [1.29, 1.82) is 0 Å². The van der Waals surface area contributed by atoms with Gasteiger partial charge in [-0.1, -0.05) is 6.07 Å². The highest BCUT2D eigenvalue weighted by Crippen LogP contribution is 2.19. The zero-order valence-electron chi connectivity index (χ0n) is 11.8. The number of Topliss-reactive ketones (excluding diaryl/α,β-unsaturated/α-hetero) is 1. The second kappa shape index (κ2) is 6.93. The van der Waals surface area contributed by atoms with Crippen LogP contribution in [0.15, 0.2) is 42.0 Å². The predicted octanol–water partition coefficient (Wildman–Crippen LogP) is 2.62. The van der Waals surface area contributed by atoms with E-state index in [1.54, 1.807) is 0 Å². The maximum atomic E-state index is 12.3. The van der Waals surface area contributed by atoms with Gasteiger partial charge in [0.1, 0.15) is 0 Å². The van der Waals surface area contributed by atoms with Gasteiger partial charge < -0.3 is 4.74 Å². The third-order valence-electron chi connectivity index (χ3n) is 3.70. The second-order valence-corrected chi connectivity index (χ2v) is 6.11. The molecular weight excluding hydrogens is 284 g/mol. The molecule has 1 saturated heterocycles. The van der Waals surface area contributed by atoms with Crippen LogP contribution in [0.1, 0.15) is 21.7 Å². The fourth-order valence-electron chi connectivity index (χ4n) is 2.56. The number of carbonyl (C=O) groups excluding carboxylic acids is 1. The molecule has 0 aromatic carbocycles. The van der Waals surface area contributed by atoms with Crippen molar-refractivity contribution in [1.82, 2.24) is 9.88 Å². The number of morpholine rings is 1. The fourth-order valence-corrected chi connectivity index (χ4v) is 3.24. The molecule has 0 amide bonds. The molecule has 4 nitrogen and oxygen atoms in total. The summed E-state index contributed by atoms with van der Waals surface area (Å²) >= 11 is 1.51. The third kappa shape index (κ3) is 3.75. The molecule has 0 aliphatic carbocycles. The van der Waals surface area contributed by atoms with E-state index in [-0.39, 0.29) is 11.8 Å². The molecule has 0 saturated carbocycles. The van der Waals surface area contributed by atoms with Crippen molar-refractivity contribution >= 4 is 17.1 Å². The minimum absolute atomic E-state index is 0.154. The van der Waals surface area contributed by atoms with E-state index in [0.717, 1.165) is 24.6 Å². The van der Waals surface area contributed by atoms with Crippen molar-refractivity contribution in [3.05, 3.63) is 52.5 Å². The number of thiophene rings is 1. The smallest absolute Gasteiger partial charge is 0.174 e. The topological polar surface area (TPSA) is 42.4 Å². The van der Waals surface area contributed by atoms with Gasteiger partial charge in [-0.25, -0.2) is 0 Å². The molecule has 0 spiro atoms. The molecule has 3 heterocycles. The predicted molar refractivity (Wildman–Crippen MR) is 82.5 cm³/mol. The lowest BCUT2D eigenvalue weighted by Crippen LogP contribution is -2.45. The van der Waals surface area contributed by atoms with E-state index in [1.165, 1.54) is 16.9 Å². The summed E-state index contributed by atoms with van der Waals surface area (Å²) in [6.07, 6.45) is 4.13. The molecule has 1 aliphatic heterocycles. The first kappa shape index (κ1) is 14.4. The number of ether oxygens (including phenoxy) is 1. The van der Waals surface area contributed by atoms with E-state index in [4.69, 9.17) is 4.74 Å². The Morgan fingerprint density at radius 2 is 2.24 bits per heavy atom. The first-order valence-electron chi connectivity index (χ1n) is 7.10. The summed E-state index contributed by atoms with van der Waals surface area (Å²) in [6, 6.07) is 8.01. The minimum atomic E-state index is 0.154. The number of ketones is 1. The highest BCUT2D eigenvalue weighted by Gasteiger charge is 2.26. The van der Waals surface area contributed by atoms with Gasteiger partial charge in [-0.05, 0) is 29.1 Å². The molecule has 110 valence electrons. The van der Waals surface area contributed by atoms with E-state index in [0.29, 0.717) is 13.0 Å². The first-order chi connectivity index (χ1) is 10.3. The van der Waals surface area contributed by atoms with Gasteiger partial charge in [-0.2, -0.15) is 0 Å². The Morgan fingerprint density at radius 3 is 3.00 bits per heavy atom. The van der Waals surface area contributed by atoms with Crippen LogP contribution in [0.4, 0.5) is 0 Å².